The molecule has 0 saturated heterocycles. The summed E-state index contributed by atoms with van der Waals surface area (Å²) in [7, 11) is 0. The molecule has 0 aromatic heterocycles. The predicted molar refractivity (Wildman–Crippen MR) is 144 cm³/mol. The molecule has 198 valence electrons. The van der Waals surface area contributed by atoms with E-state index >= 15 is 0 Å². The number of nitrogens with one attached hydrogen (secondary N) is 2. The van der Waals surface area contributed by atoms with E-state index < -0.39 is 23.5 Å². The number of unbranched alkanes of at least 4 members (excludes halogenated alkanes) is 3. The van der Waals surface area contributed by atoms with Crippen molar-refractivity contribution in [2.75, 3.05) is 6.61 Å². The number of hydrogen-bond donors (Lipinski definition) is 2. The van der Waals surface area contributed by atoms with Crippen molar-refractivity contribution in [2.24, 2.45) is 5.41 Å². The summed E-state index contributed by atoms with van der Waals surface area (Å²) in [4.78, 5) is 39.4. The van der Waals surface area contributed by atoms with Crippen molar-refractivity contribution in [2.45, 2.75) is 78.3 Å². The van der Waals surface area contributed by atoms with Crippen molar-refractivity contribution in [1.82, 2.24) is 10.6 Å². The van der Waals surface area contributed by atoms with E-state index in [1.807, 2.05) is 36.4 Å². The molecule has 7 heteroatoms. The Balaban J connectivity index is 2.23. The van der Waals surface area contributed by atoms with Crippen molar-refractivity contribution < 1.29 is 19.1 Å². The number of esters is 1. The van der Waals surface area contributed by atoms with Crippen molar-refractivity contribution in [3.8, 4) is 6.07 Å². The zero-order valence-corrected chi connectivity index (χ0v) is 22.4. The minimum absolute atomic E-state index is 0.212. The molecule has 2 rings (SSSR count). The number of rotatable bonds is 14. The van der Waals surface area contributed by atoms with Crippen LogP contribution in [0.5, 0.6) is 0 Å². The van der Waals surface area contributed by atoms with Crippen LogP contribution in [0.1, 0.15) is 81.3 Å². The maximum atomic E-state index is 13.6. The van der Waals surface area contributed by atoms with Crippen LogP contribution in [0.4, 0.5) is 0 Å². The number of amides is 2. The van der Waals surface area contributed by atoms with E-state index in [9.17, 15) is 14.4 Å². The van der Waals surface area contributed by atoms with Gasteiger partial charge in [-0.2, -0.15) is 5.26 Å². The molecule has 0 heterocycles. The largest absolute Gasteiger partial charge is 0.464 e. The number of carbonyl (C=O) groups excluding carboxylic acids is 3. The number of carbonyl (C=O) groups is 3. The van der Waals surface area contributed by atoms with Gasteiger partial charge in [-0.1, -0.05) is 62.9 Å². The van der Waals surface area contributed by atoms with Gasteiger partial charge in [0.25, 0.3) is 5.91 Å². The molecule has 0 aliphatic heterocycles. The first kappa shape index (κ1) is 29.6. The second-order valence-electron chi connectivity index (χ2n) is 9.75. The molecular formula is C30H39N3O4. The molecule has 0 bridgehead atoms. The van der Waals surface area contributed by atoms with Crippen LogP contribution in [0, 0.1) is 16.7 Å². The lowest BCUT2D eigenvalue weighted by Crippen LogP contribution is -2.56. The quantitative estimate of drug-likeness (QED) is 0.279. The van der Waals surface area contributed by atoms with E-state index in [-0.39, 0.29) is 18.4 Å². The Hall–Kier alpha value is -3.66. The van der Waals surface area contributed by atoms with E-state index in [0.717, 1.165) is 31.2 Å². The smallest absolute Gasteiger partial charge is 0.328 e. The number of benzene rings is 2. The summed E-state index contributed by atoms with van der Waals surface area (Å²) in [5, 5.41) is 15.0. The van der Waals surface area contributed by atoms with Gasteiger partial charge in [-0.3, -0.25) is 9.59 Å². The highest BCUT2D eigenvalue weighted by Gasteiger charge is 2.39. The molecule has 0 unspecified atom stereocenters. The molecule has 0 spiro atoms. The van der Waals surface area contributed by atoms with E-state index in [1.54, 1.807) is 45.0 Å². The molecule has 2 aromatic rings. The van der Waals surface area contributed by atoms with E-state index in [4.69, 9.17) is 10.00 Å². The summed E-state index contributed by atoms with van der Waals surface area (Å²) in [6, 6.07) is 16.6. The summed E-state index contributed by atoms with van der Waals surface area (Å²) >= 11 is 0. The average Bonchev–Trinajstić information content (AvgIpc) is 2.90. The van der Waals surface area contributed by atoms with E-state index in [0.29, 0.717) is 24.0 Å². The first-order valence-corrected chi connectivity index (χ1v) is 13.0. The molecule has 0 saturated carbocycles. The molecule has 37 heavy (non-hydrogen) atoms. The van der Waals surface area contributed by atoms with Gasteiger partial charge in [0.1, 0.15) is 6.04 Å². The van der Waals surface area contributed by atoms with Crippen LogP contribution in [0.3, 0.4) is 0 Å². The molecule has 2 atom stereocenters. The normalized spacial score (nSPS) is 12.6. The first-order chi connectivity index (χ1) is 17.7. The molecule has 2 aromatic carbocycles. The van der Waals surface area contributed by atoms with Gasteiger partial charge in [-0.05, 0) is 57.0 Å². The SMILES string of the molecule is CCCCCC[C@@H](NC(=O)c1ccc(C#N)cc1)C(C)(C)C(=O)N[C@@H](Cc1ccccc1)C(=O)OCC. The fourth-order valence-electron chi connectivity index (χ4n) is 4.11. The van der Waals surface area contributed by atoms with E-state index in [1.165, 1.54) is 0 Å². The zero-order valence-electron chi connectivity index (χ0n) is 22.4. The third-order valence-electron chi connectivity index (χ3n) is 6.54. The van der Waals surface area contributed by atoms with Crippen LogP contribution in [0.2, 0.25) is 0 Å². The van der Waals surface area contributed by atoms with Gasteiger partial charge in [-0.15, -0.1) is 0 Å². The Bertz CT molecular complexity index is 1060. The van der Waals surface area contributed by atoms with Gasteiger partial charge < -0.3 is 15.4 Å². The maximum Gasteiger partial charge on any atom is 0.328 e. The Morgan fingerprint density at radius 1 is 0.946 bits per heavy atom. The van der Waals surface area contributed by atoms with Gasteiger partial charge in [-0.25, -0.2) is 4.79 Å². The Morgan fingerprint density at radius 2 is 1.62 bits per heavy atom. The fraction of sp³-hybridized carbons (Fsp3) is 0.467. The lowest BCUT2D eigenvalue weighted by molar-refractivity contribution is -0.148. The Morgan fingerprint density at radius 3 is 2.22 bits per heavy atom. The Labute approximate surface area is 220 Å². The highest BCUT2D eigenvalue weighted by atomic mass is 16.5. The third-order valence-corrected chi connectivity index (χ3v) is 6.54. The summed E-state index contributed by atoms with van der Waals surface area (Å²) in [5.41, 5.74) is 0.789. The van der Waals surface area contributed by atoms with Crippen LogP contribution in [-0.4, -0.2) is 36.5 Å². The minimum atomic E-state index is -1.00. The standard InChI is InChI=1S/C30H39N3O4/c1-5-7-8-12-15-26(33-27(34)24-18-16-23(21-31)17-19-24)30(3,4)29(36)32-25(28(35)37-6-2)20-22-13-10-9-11-14-22/h9-11,13-14,16-19,25-26H,5-8,12,15,20H2,1-4H3,(H,32,36)(H,33,34)/t25-,26+/m0/s1. The van der Waals surface area contributed by atoms with Crippen LogP contribution in [0.15, 0.2) is 54.6 Å². The molecular weight excluding hydrogens is 466 g/mol. The average molecular weight is 506 g/mol. The molecule has 0 radical (unpaired) electrons. The van der Waals surface area contributed by atoms with E-state index in [2.05, 4.69) is 17.6 Å². The fourth-order valence-corrected chi connectivity index (χ4v) is 4.11. The number of nitrogens with zero attached hydrogens (tertiary/aromatic N) is 1. The molecule has 2 amide bonds. The topological polar surface area (TPSA) is 108 Å². The lowest BCUT2D eigenvalue weighted by atomic mass is 9.80. The molecule has 0 fully saturated rings. The van der Waals surface area contributed by atoms with Crippen molar-refractivity contribution in [1.29, 1.82) is 5.26 Å². The van der Waals surface area contributed by atoms with Crippen molar-refractivity contribution in [3.63, 3.8) is 0 Å². The number of hydrogen-bond acceptors (Lipinski definition) is 5. The van der Waals surface area contributed by atoms with Crippen LogP contribution in [-0.2, 0) is 20.7 Å². The predicted octanol–water partition coefficient (Wildman–Crippen LogP) is 4.94. The lowest BCUT2D eigenvalue weighted by Gasteiger charge is -2.35. The van der Waals surface area contributed by atoms with Crippen molar-refractivity contribution >= 4 is 17.8 Å². The molecule has 2 N–H and O–H groups in total. The first-order valence-electron chi connectivity index (χ1n) is 13.0. The van der Waals surface area contributed by atoms with Crippen LogP contribution in [0.25, 0.3) is 0 Å². The van der Waals surface area contributed by atoms with Crippen LogP contribution >= 0.6 is 0 Å². The summed E-state index contributed by atoms with van der Waals surface area (Å²) in [5.74, 6) is -1.13. The maximum absolute atomic E-state index is 13.6. The van der Waals surface area contributed by atoms with Gasteiger partial charge in [0.15, 0.2) is 0 Å². The summed E-state index contributed by atoms with van der Waals surface area (Å²) in [6.07, 6.45) is 4.92. The third kappa shape index (κ3) is 9.05. The number of nitriles is 1. The second kappa shape index (κ2) is 14.8. The second-order valence-corrected chi connectivity index (χ2v) is 9.75. The van der Waals surface area contributed by atoms with Crippen molar-refractivity contribution in [3.05, 3.63) is 71.3 Å². The summed E-state index contributed by atoms with van der Waals surface area (Å²) < 4.78 is 5.24. The minimum Gasteiger partial charge on any atom is -0.464 e. The zero-order chi connectivity index (χ0) is 27.3. The van der Waals surface area contributed by atoms with Gasteiger partial charge in [0.05, 0.1) is 23.7 Å². The molecule has 7 nitrogen and oxygen atoms in total. The number of ether oxygens (including phenoxy) is 1. The van der Waals surface area contributed by atoms with Gasteiger partial charge >= 0.3 is 5.97 Å². The van der Waals surface area contributed by atoms with Gasteiger partial charge in [0.2, 0.25) is 5.91 Å². The highest BCUT2D eigenvalue weighted by Crippen LogP contribution is 2.27. The molecule has 0 aliphatic carbocycles. The monoisotopic (exact) mass is 505 g/mol. The molecule has 0 aliphatic rings. The van der Waals surface area contributed by atoms with Crippen LogP contribution < -0.4 is 10.6 Å². The highest BCUT2D eigenvalue weighted by molar-refractivity contribution is 5.95. The Kier molecular flexibility index (Phi) is 11.8. The van der Waals surface area contributed by atoms with Gasteiger partial charge in [0, 0.05) is 18.0 Å². The summed E-state index contributed by atoms with van der Waals surface area (Å²) in [6.45, 7) is 7.65.